The van der Waals surface area contributed by atoms with E-state index >= 15 is 0 Å². The molecule has 0 aromatic carbocycles. The van der Waals surface area contributed by atoms with Gasteiger partial charge in [-0.25, -0.2) is 13.2 Å². The molecular formula is C10H14N3O7S-. The average molecular weight is 320 g/mol. The van der Waals surface area contributed by atoms with E-state index in [1.807, 2.05) is 0 Å². The van der Waals surface area contributed by atoms with Crippen molar-refractivity contribution < 1.29 is 31.9 Å². The Morgan fingerprint density at radius 3 is 2.67 bits per heavy atom. The quantitative estimate of drug-likeness (QED) is 0.455. The first kappa shape index (κ1) is 14.5. The first-order valence-electron chi connectivity index (χ1n) is 6.46. The monoisotopic (exact) mass is 320 g/mol. The van der Waals surface area contributed by atoms with Crippen LogP contribution in [0.1, 0.15) is 6.42 Å². The van der Waals surface area contributed by atoms with Crippen molar-refractivity contribution in [2.45, 2.75) is 18.5 Å². The maximum atomic E-state index is 12.2. The Balaban J connectivity index is 1.81. The summed E-state index contributed by atoms with van der Waals surface area (Å²) in [5, 5.41) is 9.49. The number of rotatable bonds is 4. The van der Waals surface area contributed by atoms with Gasteiger partial charge in [0.05, 0.1) is 12.6 Å². The molecule has 11 heteroatoms. The van der Waals surface area contributed by atoms with E-state index in [2.05, 4.69) is 4.28 Å². The third-order valence-corrected chi connectivity index (χ3v) is 4.43. The first-order chi connectivity index (χ1) is 9.81. The molecule has 0 unspecified atom stereocenters. The molecule has 1 N–H and O–H groups in total. The molecule has 21 heavy (non-hydrogen) atoms. The molecule has 3 fully saturated rings. The van der Waals surface area contributed by atoms with Crippen molar-refractivity contribution in [3.63, 3.8) is 0 Å². The van der Waals surface area contributed by atoms with E-state index in [1.54, 1.807) is 0 Å². The number of urea groups is 1. The van der Waals surface area contributed by atoms with E-state index < -0.39 is 28.5 Å². The van der Waals surface area contributed by atoms with Gasteiger partial charge in [-0.05, 0) is 6.42 Å². The van der Waals surface area contributed by atoms with Gasteiger partial charge >= 0.3 is 6.03 Å². The number of amides is 3. The number of carbonyl (C=O) groups excluding carboxylic acids is 2. The number of nitrogens with zero attached hydrogens (tertiary/aromatic N) is 3. The van der Waals surface area contributed by atoms with E-state index in [0.717, 1.165) is 0 Å². The maximum absolute atomic E-state index is 12.2. The summed E-state index contributed by atoms with van der Waals surface area (Å²) >= 11 is 0. The molecule has 0 aromatic rings. The third-order valence-electron chi connectivity index (χ3n) is 4.09. The number of aliphatic hydroxyl groups is 1. The van der Waals surface area contributed by atoms with Crippen LogP contribution >= 0.6 is 0 Å². The van der Waals surface area contributed by atoms with Crippen LogP contribution in [-0.4, -0.2) is 83.2 Å². The fourth-order valence-electron chi connectivity index (χ4n) is 3.38. The summed E-state index contributed by atoms with van der Waals surface area (Å²) in [5.74, 6) is -0.428. The SMILES string of the molecule is O=C1[C@@H]2[C@@H](C[C@@H]3CN2C(=O)N3OS(=O)(=O)[O-])CN1CCO. The topological polar surface area (TPSA) is 131 Å². The highest BCUT2D eigenvalue weighted by Crippen LogP contribution is 2.38. The molecule has 3 amide bonds. The summed E-state index contributed by atoms with van der Waals surface area (Å²) in [5.41, 5.74) is 0. The molecule has 0 aliphatic carbocycles. The summed E-state index contributed by atoms with van der Waals surface area (Å²) < 4.78 is 36.2. The second-order valence-electron chi connectivity index (χ2n) is 5.35. The van der Waals surface area contributed by atoms with Crippen molar-refractivity contribution in [3.05, 3.63) is 0 Å². The van der Waals surface area contributed by atoms with Crippen molar-refractivity contribution in [1.82, 2.24) is 14.9 Å². The molecule has 3 rings (SSSR count). The van der Waals surface area contributed by atoms with Crippen LogP contribution in [0.25, 0.3) is 0 Å². The predicted molar refractivity (Wildman–Crippen MR) is 64.1 cm³/mol. The zero-order chi connectivity index (χ0) is 15.4. The van der Waals surface area contributed by atoms with E-state index in [1.165, 1.54) is 9.80 Å². The molecule has 3 heterocycles. The van der Waals surface area contributed by atoms with Crippen molar-refractivity contribution in [1.29, 1.82) is 0 Å². The number of fused-ring (bicyclic) bond motifs is 4. The van der Waals surface area contributed by atoms with Crippen LogP contribution in [0.4, 0.5) is 4.79 Å². The fraction of sp³-hybridized carbons (Fsp3) is 0.800. The number of β-amino-alcohol motifs (C(OH)–C–C–N with tert-alkyl or cyclic N) is 1. The highest BCUT2D eigenvalue weighted by molar-refractivity contribution is 7.80. The number of hydroxylamine groups is 2. The molecule has 0 saturated carbocycles. The van der Waals surface area contributed by atoms with Gasteiger partial charge in [0.2, 0.25) is 16.3 Å². The standard InChI is InChI=1S/C10H15N3O7S/c14-2-1-11-4-6-3-7-5-12(8(6)9(11)15)10(16)13(7)20-21(17,18)19/h6-8,14H,1-5H2,(H,17,18,19)/p-1/t6-,7+,8-/m0/s1. The summed E-state index contributed by atoms with van der Waals surface area (Å²) in [4.78, 5) is 27.1. The molecule has 3 aliphatic heterocycles. The first-order valence-corrected chi connectivity index (χ1v) is 7.80. The third kappa shape index (κ3) is 2.35. The number of hydrogen-bond donors (Lipinski definition) is 1. The predicted octanol–water partition coefficient (Wildman–Crippen LogP) is -2.29. The second kappa shape index (κ2) is 4.80. The highest BCUT2D eigenvalue weighted by atomic mass is 32.3. The normalized spacial score (nSPS) is 32.1. The van der Waals surface area contributed by atoms with Gasteiger partial charge in [-0.1, -0.05) is 0 Å². The van der Waals surface area contributed by atoms with Crippen molar-refractivity contribution in [2.75, 3.05) is 26.2 Å². The maximum Gasteiger partial charge on any atom is 0.346 e. The van der Waals surface area contributed by atoms with Gasteiger partial charge in [-0.2, -0.15) is 9.35 Å². The number of piperidine rings is 1. The molecule has 0 spiro atoms. The summed E-state index contributed by atoms with van der Waals surface area (Å²) in [7, 11) is -5.04. The van der Waals surface area contributed by atoms with Gasteiger partial charge in [0.15, 0.2) is 0 Å². The Morgan fingerprint density at radius 2 is 2.05 bits per heavy atom. The summed E-state index contributed by atoms with van der Waals surface area (Å²) in [6, 6.07) is -2.03. The minimum Gasteiger partial charge on any atom is -0.724 e. The van der Waals surface area contributed by atoms with Crippen LogP contribution in [0, 0.1) is 5.92 Å². The van der Waals surface area contributed by atoms with Crippen molar-refractivity contribution in [2.24, 2.45) is 5.92 Å². The van der Waals surface area contributed by atoms with Crippen LogP contribution in [0.3, 0.4) is 0 Å². The molecule has 3 aliphatic rings. The Bertz CT molecular complexity index is 579. The van der Waals surface area contributed by atoms with E-state index in [-0.39, 0.29) is 31.5 Å². The summed E-state index contributed by atoms with van der Waals surface area (Å²) in [6.45, 7) is 0.580. The minimum absolute atomic E-state index is 0.147. The van der Waals surface area contributed by atoms with Crippen LogP contribution in [0.15, 0.2) is 0 Å². The Labute approximate surface area is 120 Å². The van der Waals surface area contributed by atoms with Crippen LogP contribution in [0.2, 0.25) is 0 Å². The largest absolute Gasteiger partial charge is 0.724 e. The molecule has 0 aromatic heterocycles. The lowest BCUT2D eigenvalue weighted by atomic mass is 9.91. The molecule has 2 bridgehead atoms. The number of carbonyl (C=O) groups is 2. The smallest absolute Gasteiger partial charge is 0.346 e. The fourth-order valence-corrected chi connectivity index (χ4v) is 3.76. The van der Waals surface area contributed by atoms with Gasteiger partial charge in [-0.3, -0.25) is 4.79 Å². The average Bonchev–Trinajstić information content (AvgIpc) is 2.81. The minimum atomic E-state index is -5.04. The zero-order valence-electron chi connectivity index (χ0n) is 10.9. The highest BCUT2D eigenvalue weighted by Gasteiger charge is 2.56. The molecule has 118 valence electrons. The van der Waals surface area contributed by atoms with E-state index in [9.17, 15) is 22.6 Å². The van der Waals surface area contributed by atoms with Crippen LogP contribution in [0.5, 0.6) is 0 Å². The van der Waals surface area contributed by atoms with Gasteiger partial charge in [0, 0.05) is 25.6 Å². The van der Waals surface area contributed by atoms with Gasteiger partial charge < -0.3 is 19.5 Å². The van der Waals surface area contributed by atoms with Gasteiger partial charge in [-0.15, -0.1) is 0 Å². The molecule has 3 atom stereocenters. The van der Waals surface area contributed by atoms with Crippen molar-refractivity contribution >= 4 is 22.3 Å². The summed E-state index contributed by atoms with van der Waals surface area (Å²) in [6.07, 6.45) is 0.371. The lowest BCUT2D eigenvalue weighted by Gasteiger charge is -2.30. The molecular weight excluding hydrogens is 306 g/mol. The Kier molecular flexibility index (Phi) is 3.31. The Hall–Kier alpha value is -1.43. The van der Waals surface area contributed by atoms with Crippen molar-refractivity contribution in [3.8, 4) is 0 Å². The van der Waals surface area contributed by atoms with E-state index in [0.29, 0.717) is 18.0 Å². The lowest BCUT2D eigenvalue weighted by Crippen LogP contribution is -2.48. The zero-order valence-corrected chi connectivity index (χ0v) is 11.7. The van der Waals surface area contributed by atoms with Gasteiger partial charge in [0.1, 0.15) is 6.04 Å². The molecule has 0 radical (unpaired) electrons. The number of hydrogen-bond acceptors (Lipinski definition) is 7. The van der Waals surface area contributed by atoms with Crippen LogP contribution in [-0.2, 0) is 19.5 Å². The van der Waals surface area contributed by atoms with Crippen LogP contribution < -0.4 is 0 Å². The number of aliphatic hydroxyl groups excluding tert-OH is 1. The van der Waals surface area contributed by atoms with Gasteiger partial charge in [0.25, 0.3) is 0 Å². The molecule has 3 saturated heterocycles. The second-order valence-corrected chi connectivity index (χ2v) is 6.31. The Morgan fingerprint density at radius 1 is 1.33 bits per heavy atom. The van der Waals surface area contributed by atoms with E-state index in [4.69, 9.17) is 5.11 Å². The lowest BCUT2D eigenvalue weighted by molar-refractivity contribution is -0.132. The number of likely N-dealkylation sites (tertiary alicyclic amines) is 1. The molecule has 10 nitrogen and oxygen atoms in total.